The Kier molecular flexibility index (Phi) is 4.11. The van der Waals surface area contributed by atoms with E-state index in [9.17, 15) is 4.79 Å². The van der Waals surface area contributed by atoms with Crippen molar-refractivity contribution in [2.45, 2.75) is 37.8 Å². The van der Waals surface area contributed by atoms with Crippen LogP contribution in [0.1, 0.15) is 35.8 Å². The Morgan fingerprint density at radius 3 is 2.79 bits per heavy atom. The van der Waals surface area contributed by atoms with Crippen molar-refractivity contribution in [3.8, 4) is 11.4 Å². The summed E-state index contributed by atoms with van der Waals surface area (Å²) in [6.45, 7) is 0. The second-order valence-electron chi connectivity index (χ2n) is 7.41. The zero-order valence-electron chi connectivity index (χ0n) is 15.8. The highest BCUT2D eigenvalue weighted by molar-refractivity contribution is 5.80. The number of amides is 1. The molecule has 4 heterocycles. The Balaban J connectivity index is 1.43. The van der Waals surface area contributed by atoms with Crippen molar-refractivity contribution in [1.29, 1.82) is 0 Å². The summed E-state index contributed by atoms with van der Waals surface area (Å²) < 4.78 is 7.27. The number of hydrogen-bond acceptors (Lipinski definition) is 4. The third-order valence-corrected chi connectivity index (χ3v) is 5.86. The maximum Gasteiger partial charge on any atom is 0.229 e. The number of benzene rings is 1. The number of pyridine rings is 1. The summed E-state index contributed by atoms with van der Waals surface area (Å²) in [5.41, 5.74) is 4.25. The van der Waals surface area contributed by atoms with Crippen LogP contribution in [-0.2, 0) is 17.6 Å². The van der Waals surface area contributed by atoms with Crippen molar-refractivity contribution in [2.24, 2.45) is 0 Å². The number of rotatable bonds is 4. The van der Waals surface area contributed by atoms with Gasteiger partial charge in [0, 0.05) is 29.9 Å². The van der Waals surface area contributed by atoms with Gasteiger partial charge in [0.1, 0.15) is 5.75 Å². The lowest BCUT2D eigenvalue weighted by molar-refractivity contribution is -0.134. The second kappa shape index (κ2) is 6.78. The van der Waals surface area contributed by atoms with Gasteiger partial charge in [0.15, 0.2) is 0 Å². The largest absolute Gasteiger partial charge is 0.497 e. The van der Waals surface area contributed by atoms with Gasteiger partial charge in [-0.3, -0.25) is 9.78 Å². The first-order valence-corrected chi connectivity index (χ1v) is 9.67. The highest BCUT2D eigenvalue weighted by atomic mass is 16.5. The highest BCUT2D eigenvalue weighted by Crippen LogP contribution is 2.44. The molecule has 6 nitrogen and oxygen atoms in total. The molecule has 2 aliphatic rings. The van der Waals surface area contributed by atoms with Crippen LogP contribution in [0.4, 0.5) is 0 Å². The van der Waals surface area contributed by atoms with E-state index in [2.05, 4.69) is 15.0 Å². The molecule has 0 N–H and O–H groups in total. The Morgan fingerprint density at radius 2 is 2.04 bits per heavy atom. The van der Waals surface area contributed by atoms with Gasteiger partial charge in [0.25, 0.3) is 0 Å². The van der Waals surface area contributed by atoms with Gasteiger partial charge in [0.05, 0.1) is 37.2 Å². The number of hydrogen-bond donors (Lipinski definition) is 0. The van der Waals surface area contributed by atoms with Gasteiger partial charge in [-0.25, -0.2) is 4.68 Å². The SMILES string of the molecule is COc1ccc(-n2ncc3c2C[C@@H]2CC[C@H]3N2C(=O)Cc2ccccn2)cc1. The van der Waals surface area contributed by atoms with Crippen LogP contribution in [0, 0.1) is 0 Å². The van der Waals surface area contributed by atoms with E-state index in [4.69, 9.17) is 4.74 Å². The molecule has 142 valence electrons. The summed E-state index contributed by atoms with van der Waals surface area (Å²) in [7, 11) is 1.67. The van der Waals surface area contributed by atoms with Crippen molar-refractivity contribution in [3.63, 3.8) is 0 Å². The fourth-order valence-electron chi connectivity index (χ4n) is 4.55. The molecule has 0 saturated carbocycles. The first-order valence-electron chi connectivity index (χ1n) is 9.67. The van der Waals surface area contributed by atoms with E-state index >= 15 is 0 Å². The van der Waals surface area contributed by atoms with Crippen molar-refractivity contribution < 1.29 is 9.53 Å². The molecule has 28 heavy (non-hydrogen) atoms. The van der Waals surface area contributed by atoms with Gasteiger partial charge < -0.3 is 9.64 Å². The first kappa shape index (κ1) is 17.0. The van der Waals surface area contributed by atoms with Gasteiger partial charge >= 0.3 is 0 Å². The molecule has 2 aliphatic heterocycles. The predicted octanol–water partition coefficient (Wildman–Crippen LogP) is 3.11. The van der Waals surface area contributed by atoms with E-state index in [-0.39, 0.29) is 18.0 Å². The zero-order valence-corrected chi connectivity index (χ0v) is 15.8. The van der Waals surface area contributed by atoms with Crippen LogP contribution >= 0.6 is 0 Å². The second-order valence-corrected chi connectivity index (χ2v) is 7.41. The highest BCUT2D eigenvalue weighted by Gasteiger charge is 2.44. The average molecular weight is 374 g/mol. The molecule has 0 radical (unpaired) electrons. The third kappa shape index (κ3) is 2.76. The summed E-state index contributed by atoms with van der Waals surface area (Å²) in [6.07, 6.45) is 6.91. The molecule has 6 heteroatoms. The maximum atomic E-state index is 13.0. The smallest absolute Gasteiger partial charge is 0.229 e. The quantitative estimate of drug-likeness (QED) is 0.704. The molecule has 1 saturated heterocycles. The monoisotopic (exact) mass is 374 g/mol. The van der Waals surface area contributed by atoms with Crippen LogP contribution in [0.3, 0.4) is 0 Å². The van der Waals surface area contributed by atoms with E-state index < -0.39 is 0 Å². The molecule has 1 amide bonds. The molecule has 5 rings (SSSR count). The molecular formula is C22H22N4O2. The van der Waals surface area contributed by atoms with E-state index in [0.717, 1.165) is 36.4 Å². The van der Waals surface area contributed by atoms with Crippen molar-refractivity contribution >= 4 is 5.91 Å². The van der Waals surface area contributed by atoms with E-state index in [1.165, 1.54) is 11.3 Å². The van der Waals surface area contributed by atoms with Crippen molar-refractivity contribution in [3.05, 3.63) is 71.8 Å². The number of methoxy groups -OCH3 is 1. The standard InChI is InChI=1S/C22H22N4O2/c1-28-18-8-5-16(6-9-18)26-21-13-17-7-10-20(19(21)14-24-26)25(17)22(27)12-15-4-2-3-11-23-15/h2-6,8-9,11,14,17,20H,7,10,12-13H2,1H3/t17-,20+/m0/s1. The predicted molar refractivity (Wildman–Crippen MR) is 104 cm³/mol. The lowest BCUT2D eigenvalue weighted by atomic mass is 9.99. The van der Waals surface area contributed by atoms with Crippen LogP contribution in [0.5, 0.6) is 5.75 Å². The minimum atomic E-state index is 0.122. The lowest BCUT2D eigenvalue weighted by Gasteiger charge is -2.35. The van der Waals surface area contributed by atoms with Crippen molar-refractivity contribution in [1.82, 2.24) is 19.7 Å². The molecule has 0 aliphatic carbocycles. The van der Waals surface area contributed by atoms with E-state index in [1.807, 2.05) is 53.3 Å². The minimum Gasteiger partial charge on any atom is -0.497 e. The molecule has 1 aromatic carbocycles. The molecule has 3 aromatic rings. The van der Waals surface area contributed by atoms with Gasteiger partial charge in [-0.1, -0.05) is 6.07 Å². The zero-order chi connectivity index (χ0) is 19.1. The summed E-state index contributed by atoms with van der Waals surface area (Å²) in [4.78, 5) is 19.4. The molecule has 1 fully saturated rings. The fraction of sp³-hybridized carbons (Fsp3) is 0.318. The number of ether oxygens (including phenoxy) is 1. The number of fused-ring (bicyclic) bond motifs is 4. The summed E-state index contributed by atoms with van der Waals surface area (Å²) in [5, 5.41) is 4.65. The molecule has 0 unspecified atom stereocenters. The summed E-state index contributed by atoms with van der Waals surface area (Å²) in [6, 6.07) is 14.0. The fourth-order valence-corrected chi connectivity index (χ4v) is 4.55. The van der Waals surface area contributed by atoms with E-state index in [1.54, 1.807) is 13.3 Å². The Labute approximate surface area is 163 Å². The van der Waals surface area contributed by atoms with E-state index in [0.29, 0.717) is 6.42 Å². The number of carbonyl (C=O) groups is 1. The Hall–Kier alpha value is -3.15. The van der Waals surface area contributed by atoms with Gasteiger partial charge in [-0.15, -0.1) is 0 Å². The molecule has 0 spiro atoms. The lowest BCUT2D eigenvalue weighted by Crippen LogP contribution is -2.43. The minimum absolute atomic E-state index is 0.122. The number of aromatic nitrogens is 3. The Bertz CT molecular complexity index is 997. The maximum absolute atomic E-state index is 13.0. The van der Waals surface area contributed by atoms with Gasteiger partial charge in [0.2, 0.25) is 5.91 Å². The molecule has 2 bridgehead atoms. The Morgan fingerprint density at radius 1 is 1.18 bits per heavy atom. The van der Waals surface area contributed by atoms with Crippen LogP contribution in [0.15, 0.2) is 54.9 Å². The molecule has 2 atom stereocenters. The molecule has 2 aromatic heterocycles. The summed E-state index contributed by atoms with van der Waals surface area (Å²) >= 11 is 0. The topological polar surface area (TPSA) is 60.2 Å². The number of carbonyl (C=O) groups excluding carboxylic acids is 1. The van der Waals surface area contributed by atoms with Crippen LogP contribution in [0.2, 0.25) is 0 Å². The van der Waals surface area contributed by atoms with Gasteiger partial charge in [-0.2, -0.15) is 5.10 Å². The summed E-state index contributed by atoms with van der Waals surface area (Å²) in [5.74, 6) is 0.991. The molecular weight excluding hydrogens is 352 g/mol. The van der Waals surface area contributed by atoms with Gasteiger partial charge in [-0.05, 0) is 49.2 Å². The average Bonchev–Trinajstić information content (AvgIpc) is 3.30. The van der Waals surface area contributed by atoms with Crippen LogP contribution in [-0.4, -0.2) is 38.7 Å². The normalized spacial score (nSPS) is 20.1. The first-order chi connectivity index (χ1) is 13.7. The number of nitrogens with zero attached hydrogens (tertiary/aromatic N) is 4. The third-order valence-electron chi connectivity index (χ3n) is 5.86. The van der Waals surface area contributed by atoms with Crippen LogP contribution < -0.4 is 4.74 Å². The van der Waals surface area contributed by atoms with Crippen LogP contribution in [0.25, 0.3) is 5.69 Å². The van der Waals surface area contributed by atoms with Crippen molar-refractivity contribution in [2.75, 3.05) is 7.11 Å².